The van der Waals surface area contributed by atoms with Gasteiger partial charge < -0.3 is 19.7 Å². The normalized spacial score (nSPS) is 15.0. The number of pyridine rings is 1. The highest BCUT2D eigenvalue weighted by Crippen LogP contribution is 2.15. The number of rotatable bonds is 4. The van der Waals surface area contributed by atoms with Crippen LogP contribution in [0.4, 0.5) is 0 Å². The maximum absolute atomic E-state index is 12.3. The standard InChI is InChI=1S/C17H17N3O5/c21-15(11-1-5-18-14(9-11)17(23)24)19-13-2-6-20(7-3-13)16(22)12-4-8-25-10-12/h1,4-5,8-10,13H,2-3,6-7H2,(H,19,21)(H,23,24). The predicted octanol–water partition coefficient (Wildman–Crippen LogP) is 1.41. The predicted molar refractivity (Wildman–Crippen MR) is 86.3 cm³/mol. The highest BCUT2D eigenvalue weighted by Gasteiger charge is 2.25. The zero-order valence-electron chi connectivity index (χ0n) is 13.3. The lowest BCUT2D eigenvalue weighted by Crippen LogP contribution is -2.46. The van der Waals surface area contributed by atoms with Crippen LogP contribution >= 0.6 is 0 Å². The largest absolute Gasteiger partial charge is 0.477 e. The number of carboxylic acids is 1. The van der Waals surface area contributed by atoms with E-state index >= 15 is 0 Å². The van der Waals surface area contributed by atoms with Crippen LogP contribution in [0.2, 0.25) is 0 Å². The van der Waals surface area contributed by atoms with Gasteiger partial charge in [0.1, 0.15) is 12.0 Å². The van der Waals surface area contributed by atoms with E-state index in [1.807, 2.05) is 0 Å². The maximum atomic E-state index is 12.3. The average Bonchev–Trinajstić information content (AvgIpc) is 3.16. The number of hydrogen-bond acceptors (Lipinski definition) is 5. The van der Waals surface area contributed by atoms with Crippen molar-refractivity contribution in [2.75, 3.05) is 13.1 Å². The number of piperidine rings is 1. The van der Waals surface area contributed by atoms with E-state index in [0.717, 1.165) is 0 Å². The van der Waals surface area contributed by atoms with Crippen LogP contribution in [0, 0.1) is 0 Å². The first-order valence-electron chi connectivity index (χ1n) is 7.86. The van der Waals surface area contributed by atoms with E-state index in [-0.39, 0.29) is 29.1 Å². The third kappa shape index (κ3) is 3.85. The van der Waals surface area contributed by atoms with Gasteiger partial charge in [-0.1, -0.05) is 0 Å². The molecular weight excluding hydrogens is 326 g/mol. The average molecular weight is 343 g/mol. The topological polar surface area (TPSA) is 113 Å². The number of aromatic carboxylic acids is 1. The lowest BCUT2D eigenvalue weighted by Gasteiger charge is -2.32. The Morgan fingerprint density at radius 3 is 2.60 bits per heavy atom. The molecule has 1 saturated heterocycles. The molecule has 2 amide bonds. The van der Waals surface area contributed by atoms with E-state index in [0.29, 0.717) is 31.5 Å². The molecule has 1 fully saturated rings. The molecule has 0 aromatic carbocycles. The summed E-state index contributed by atoms with van der Waals surface area (Å²) in [5.74, 6) is -1.61. The van der Waals surface area contributed by atoms with Gasteiger partial charge >= 0.3 is 5.97 Å². The maximum Gasteiger partial charge on any atom is 0.354 e. The zero-order valence-corrected chi connectivity index (χ0v) is 13.3. The Labute approximate surface area is 143 Å². The van der Waals surface area contributed by atoms with Crippen LogP contribution in [0.15, 0.2) is 41.3 Å². The number of nitrogens with one attached hydrogen (secondary N) is 1. The molecule has 0 unspecified atom stereocenters. The van der Waals surface area contributed by atoms with Gasteiger partial charge in [-0.2, -0.15) is 0 Å². The number of carbonyl (C=O) groups excluding carboxylic acids is 2. The monoisotopic (exact) mass is 343 g/mol. The molecule has 0 saturated carbocycles. The van der Waals surface area contributed by atoms with Crippen molar-refractivity contribution in [2.45, 2.75) is 18.9 Å². The van der Waals surface area contributed by atoms with Crippen molar-refractivity contribution in [2.24, 2.45) is 0 Å². The van der Waals surface area contributed by atoms with Crippen LogP contribution in [0.3, 0.4) is 0 Å². The van der Waals surface area contributed by atoms with Crippen LogP contribution in [0.25, 0.3) is 0 Å². The third-order valence-corrected chi connectivity index (χ3v) is 4.13. The summed E-state index contributed by atoms with van der Waals surface area (Å²) in [5, 5.41) is 11.8. The van der Waals surface area contributed by atoms with Crippen LogP contribution in [0.1, 0.15) is 44.0 Å². The summed E-state index contributed by atoms with van der Waals surface area (Å²) in [5.41, 5.74) is 0.595. The number of carbonyl (C=O) groups is 3. The van der Waals surface area contributed by atoms with Gasteiger partial charge in [0, 0.05) is 30.9 Å². The minimum Gasteiger partial charge on any atom is -0.477 e. The van der Waals surface area contributed by atoms with E-state index in [1.54, 1.807) is 11.0 Å². The molecule has 0 spiro atoms. The van der Waals surface area contributed by atoms with Gasteiger partial charge in [-0.15, -0.1) is 0 Å². The Morgan fingerprint density at radius 2 is 1.96 bits per heavy atom. The SMILES string of the molecule is O=C(NC1CCN(C(=O)c2ccoc2)CC1)c1ccnc(C(=O)O)c1. The fraction of sp³-hybridized carbons (Fsp3) is 0.294. The Kier molecular flexibility index (Phi) is 4.78. The van der Waals surface area contributed by atoms with Crippen molar-refractivity contribution < 1.29 is 23.9 Å². The van der Waals surface area contributed by atoms with Crippen molar-refractivity contribution >= 4 is 17.8 Å². The molecule has 0 bridgehead atoms. The molecule has 0 atom stereocenters. The number of aromatic nitrogens is 1. The molecule has 8 heteroatoms. The Balaban J connectivity index is 1.55. The van der Waals surface area contributed by atoms with Gasteiger partial charge in [-0.25, -0.2) is 9.78 Å². The van der Waals surface area contributed by atoms with E-state index in [9.17, 15) is 14.4 Å². The highest BCUT2D eigenvalue weighted by atomic mass is 16.4. The zero-order chi connectivity index (χ0) is 17.8. The van der Waals surface area contributed by atoms with Crippen molar-refractivity contribution in [3.8, 4) is 0 Å². The van der Waals surface area contributed by atoms with Gasteiger partial charge in [0.2, 0.25) is 0 Å². The van der Waals surface area contributed by atoms with Crippen molar-refractivity contribution in [1.29, 1.82) is 0 Å². The molecule has 0 aliphatic carbocycles. The lowest BCUT2D eigenvalue weighted by atomic mass is 10.0. The van der Waals surface area contributed by atoms with Crippen LogP contribution in [-0.2, 0) is 0 Å². The molecule has 1 aliphatic heterocycles. The Bertz CT molecular complexity index is 779. The van der Waals surface area contributed by atoms with Crippen LogP contribution in [0.5, 0.6) is 0 Å². The molecule has 130 valence electrons. The van der Waals surface area contributed by atoms with Crippen LogP contribution < -0.4 is 5.32 Å². The second-order valence-corrected chi connectivity index (χ2v) is 5.79. The smallest absolute Gasteiger partial charge is 0.354 e. The molecular formula is C17H17N3O5. The summed E-state index contributed by atoms with van der Waals surface area (Å²) in [4.78, 5) is 40.8. The first kappa shape index (κ1) is 16.7. The molecule has 2 aromatic rings. The Hall–Kier alpha value is -3.16. The minimum absolute atomic E-state index is 0.0673. The number of amides is 2. The second kappa shape index (κ2) is 7.16. The van der Waals surface area contributed by atoms with Gasteiger partial charge in [0.25, 0.3) is 11.8 Å². The molecule has 8 nitrogen and oxygen atoms in total. The summed E-state index contributed by atoms with van der Waals surface area (Å²) in [6.07, 6.45) is 5.43. The number of likely N-dealkylation sites (tertiary alicyclic amines) is 1. The number of hydrogen-bond donors (Lipinski definition) is 2. The first-order chi connectivity index (χ1) is 12.0. The number of furan rings is 1. The van der Waals surface area contributed by atoms with E-state index in [1.165, 1.54) is 30.9 Å². The quantitative estimate of drug-likeness (QED) is 0.868. The fourth-order valence-electron chi connectivity index (χ4n) is 2.75. The van der Waals surface area contributed by atoms with Gasteiger partial charge in [0.05, 0.1) is 11.8 Å². The summed E-state index contributed by atoms with van der Waals surface area (Å²) >= 11 is 0. The van der Waals surface area contributed by atoms with E-state index in [4.69, 9.17) is 9.52 Å². The molecule has 2 aromatic heterocycles. The Morgan fingerprint density at radius 1 is 1.20 bits per heavy atom. The van der Waals surface area contributed by atoms with Crippen molar-refractivity contribution in [1.82, 2.24) is 15.2 Å². The van der Waals surface area contributed by atoms with Gasteiger partial charge in [-0.05, 0) is 31.0 Å². The molecule has 3 heterocycles. The second-order valence-electron chi connectivity index (χ2n) is 5.79. The van der Waals surface area contributed by atoms with E-state index in [2.05, 4.69) is 10.3 Å². The minimum atomic E-state index is -1.18. The highest BCUT2D eigenvalue weighted by molar-refractivity contribution is 5.97. The van der Waals surface area contributed by atoms with Gasteiger partial charge in [0.15, 0.2) is 0 Å². The molecule has 2 N–H and O–H groups in total. The first-order valence-corrected chi connectivity index (χ1v) is 7.86. The lowest BCUT2D eigenvalue weighted by molar-refractivity contribution is 0.0684. The van der Waals surface area contributed by atoms with Crippen LogP contribution in [-0.4, -0.2) is 51.9 Å². The summed E-state index contributed by atoms with van der Waals surface area (Å²) in [6, 6.07) is 4.27. The summed E-state index contributed by atoms with van der Waals surface area (Å²) in [6.45, 7) is 1.07. The van der Waals surface area contributed by atoms with Crippen molar-refractivity contribution in [3.05, 3.63) is 53.7 Å². The summed E-state index contributed by atoms with van der Waals surface area (Å²) < 4.78 is 4.92. The molecule has 25 heavy (non-hydrogen) atoms. The number of nitrogens with zero attached hydrogens (tertiary/aromatic N) is 2. The van der Waals surface area contributed by atoms with Crippen molar-refractivity contribution in [3.63, 3.8) is 0 Å². The van der Waals surface area contributed by atoms with E-state index < -0.39 is 5.97 Å². The third-order valence-electron chi connectivity index (χ3n) is 4.13. The molecule has 1 aliphatic rings. The molecule has 3 rings (SSSR count). The molecule has 0 radical (unpaired) electrons. The number of carboxylic acid groups (broad SMARTS) is 1. The fourth-order valence-corrected chi connectivity index (χ4v) is 2.75. The van der Waals surface area contributed by atoms with Gasteiger partial charge in [-0.3, -0.25) is 9.59 Å². The summed E-state index contributed by atoms with van der Waals surface area (Å²) in [7, 11) is 0.